The van der Waals surface area contributed by atoms with Crippen molar-refractivity contribution in [2.24, 2.45) is 0 Å². The predicted octanol–water partition coefficient (Wildman–Crippen LogP) is 3.07. The molecule has 0 fully saturated rings. The zero-order chi connectivity index (χ0) is 26.6. The summed E-state index contributed by atoms with van der Waals surface area (Å²) in [6.45, 7) is 6.91. The standard InChI is InChI=1S/C28H33N5O4/c1-5-14-33-26(35)24-23(25(34)29-15-20-8-6-19(2)7-9-20)31-18-32(24)17-28(33,3)27(36)30-16-21-10-12-22(37-4)13-11-21/h6-13,18H,5,14-17H2,1-4H3,(H,29,34)(H,30,36)/t28-/m1/s1. The first-order chi connectivity index (χ1) is 17.8. The van der Waals surface area contributed by atoms with Gasteiger partial charge in [0.05, 0.1) is 20.0 Å². The number of benzene rings is 2. The van der Waals surface area contributed by atoms with Crippen LogP contribution in [0, 0.1) is 6.92 Å². The van der Waals surface area contributed by atoms with Crippen LogP contribution in [0.25, 0.3) is 0 Å². The molecule has 9 heteroatoms. The summed E-state index contributed by atoms with van der Waals surface area (Å²) in [5.41, 5.74) is 2.14. The molecule has 2 heterocycles. The molecule has 194 valence electrons. The first-order valence-corrected chi connectivity index (χ1v) is 12.4. The number of aryl methyl sites for hydroxylation is 1. The number of imidazole rings is 1. The van der Waals surface area contributed by atoms with Gasteiger partial charge in [0.1, 0.15) is 17.0 Å². The highest BCUT2D eigenvalue weighted by Crippen LogP contribution is 2.29. The van der Waals surface area contributed by atoms with Crippen LogP contribution in [0.4, 0.5) is 0 Å². The van der Waals surface area contributed by atoms with Crippen molar-refractivity contribution in [1.82, 2.24) is 25.1 Å². The van der Waals surface area contributed by atoms with E-state index in [0.29, 0.717) is 26.1 Å². The highest BCUT2D eigenvalue weighted by molar-refractivity contribution is 6.07. The minimum atomic E-state index is -1.14. The summed E-state index contributed by atoms with van der Waals surface area (Å²) in [6.07, 6.45) is 2.13. The van der Waals surface area contributed by atoms with Crippen LogP contribution < -0.4 is 15.4 Å². The molecule has 2 aromatic carbocycles. The van der Waals surface area contributed by atoms with Gasteiger partial charge >= 0.3 is 0 Å². The molecule has 1 aliphatic rings. The van der Waals surface area contributed by atoms with Crippen molar-refractivity contribution < 1.29 is 19.1 Å². The van der Waals surface area contributed by atoms with Gasteiger partial charge in [0.15, 0.2) is 5.69 Å². The second-order valence-corrected chi connectivity index (χ2v) is 9.50. The van der Waals surface area contributed by atoms with Gasteiger partial charge in [-0.1, -0.05) is 48.9 Å². The zero-order valence-electron chi connectivity index (χ0n) is 21.7. The summed E-state index contributed by atoms with van der Waals surface area (Å²) >= 11 is 0. The van der Waals surface area contributed by atoms with Gasteiger partial charge in [-0.2, -0.15) is 0 Å². The molecule has 0 saturated carbocycles. The summed E-state index contributed by atoms with van der Waals surface area (Å²) < 4.78 is 6.80. The van der Waals surface area contributed by atoms with Crippen molar-refractivity contribution in [3.8, 4) is 5.75 Å². The van der Waals surface area contributed by atoms with E-state index in [-0.39, 0.29) is 29.7 Å². The number of amides is 3. The van der Waals surface area contributed by atoms with Crippen LogP contribution in [0.15, 0.2) is 54.9 Å². The molecule has 2 N–H and O–H groups in total. The Labute approximate surface area is 216 Å². The fraction of sp³-hybridized carbons (Fsp3) is 0.357. The number of carbonyl (C=O) groups is 3. The average Bonchev–Trinajstić information content (AvgIpc) is 3.33. The normalized spacial score (nSPS) is 16.8. The van der Waals surface area contributed by atoms with E-state index in [1.165, 1.54) is 6.33 Å². The van der Waals surface area contributed by atoms with Crippen LogP contribution in [0.2, 0.25) is 0 Å². The number of hydrogen-bond acceptors (Lipinski definition) is 5. The van der Waals surface area contributed by atoms with E-state index in [4.69, 9.17) is 4.74 Å². The summed E-state index contributed by atoms with van der Waals surface area (Å²) in [7, 11) is 1.60. The third-order valence-corrected chi connectivity index (χ3v) is 6.70. The molecule has 4 rings (SSSR count). The molecule has 1 aromatic heterocycles. The number of methoxy groups -OCH3 is 1. The number of rotatable bonds is 9. The number of aromatic nitrogens is 2. The fourth-order valence-electron chi connectivity index (χ4n) is 4.52. The maximum atomic E-state index is 13.7. The average molecular weight is 504 g/mol. The maximum absolute atomic E-state index is 13.7. The van der Waals surface area contributed by atoms with Crippen molar-refractivity contribution in [2.45, 2.75) is 52.4 Å². The van der Waals surface area contributed by atoms with Gasteiger partial charge in [0.2, 0.25) is 5.91 Å². The Morgan fingerprint density at radius 3 is 2.27 bits per heavy atom. The van der Waals surface area contributed by atoms with Gasteiger partial charge in [-0.15, -0.1) is 0 Å². The van der Waals surface area contributed by atoms with Gasteiger partial charge in [0, 0.05) is 19.6 Å². The smallest absolute Gasteiger partial charge is 0.273 e. The van der Waals surface area contributed by atoms with Crippen LogP contribution in [0.5, 0.6) is 5.75 Å². The highest BCUT2D eigenvalue weighted by Gasteiger charge is 2.48. The van der Waals surface area contributed by atoms with Crippen molar-refractivity contribution in [3.63, 3.8) is 0 Å². The molecule has 0 unspecified atom stereocenters. The van der Waals surface area contributed by atoms with Crippen LogP contribution in [-0.2, 0) is 24.4 Å². The number of hydrogen-bond donors (Lipinski definition) is 2. The number of fused-ring (bicyclic) bond motifs is 1. The Morgan fingerprint density at radius 2 is 1.65 bits per heavy atom. The van der Waals surface area contributed by atoms with E-state index >= 15 is 0 Å². The van der Waals surface area contributed by atoms with Crippen LogP contribution >= 0.6 is 0 Å². The third kappa shape index (κ3) is 5.35. The summed E-state index contributed by atoms with van der Waals surface area (Å²) in [5, 5.41) is 5.83. The highest BCUT2D eigenvalue weighted by atomic mass is 16.5. The lowest BCUT2D eigenvalue weighted by Crippen LogP contribution is -2.64. The lowest BCUT2D eigenvalue weighted by Gasteiger charge is -2.43. The Morgan fingerprint density at radius 1 is 1.03 bits per heavy atom. The fourth-order valence-corrected chi connectivity index (χ4v) is 4.52. The van der Waals surface area contributed by atoms with E-state index in [2.05, 4.69) is 15.6 Å². The van der Waals surface area contributed by atoms with E-state index in [0.717, 1.165) is 22.4 Å². The molecule has 3 amide bonds. The summed E-state index contributed by atoms with van der Waals surface area (Å²) in [4.78, 5) is 45.9. The van der Waals surface area contributed by atoms with Crippen LogP contribution in [0.1, 0.15) is 57.9 Å². The minimum Gasteiger partial charge on any atom is -0.497 e. The Bertz CT molecular complexity index is 1280. The molecule has 0 spiro atoms. The van der Waals surface area contributed by atoms with E-state index in [1.807, 2.05) is 62.4 Å². The van der Waals surface area contributed by atoms with E-state index in [1.54, 1.807) is 23.5 Å². The predicted molar refractivity (Wildman–Crippen MR) is 139 cm³/mol. The van der Waals surface area contributed by atoms with Crippen molar-refractivity contribution in [1.29, 1.82) is 0 Å². The first kappa shape index (κ1) is 25.9. The molecular formula is C28H33N5O4. The molecular weight excluding hydrogens is 470 g/mol. The number of carbonyl (C=O) groups excluding carboxylic acids is 3. The second-order valence-electron chi connectivity index (χ2n) is 9.50. The summed E-state index contributed by atoms with van der Waals surface area (Å²) in [5.74, 6) is -0.338. The van der Waals surface area contributed by atoms with Crippen molar-refractivity contribution in [3.05, 3.63) is 82.9 Å². The lowest BCUT2D eigenvalue weighted by molar-refractivity contribution is -0.133. The van der Waals surface area contributed by atoms with Crippen molar-refractivity contribution in [2.75, 3.05) is 13.7 Å². The van der Waals surface area contributed by atoms with Gasteiger partial charge < -0.3 is 24.8 Å². The molecule has 0 bridgehead atoms. The quantitative estimate of drug-likeness (QED) is 0.467. The number of ether oxygens (including phenoxy) is 1. The molecule has 0 saturated heterocycles. The number of nitrogens with one attached hydrogen (secondary N) is 2. The van der Waals surface area contributed by atoms with Gasteiger partial charge in [-0.05, 0) is 43.5 Å². The molecule has 1 aliphatic heterocycles. The molecule has 0 radical (unpaired) electrons. The van der Waals surface area contributed by atoms with Crippen LogP contribution in [-0.4, -0.2) is 51.4 Å². The van der Waals surface area contributed by atoms with Gasteiger partial charge in [0.25, 0.3) is 11.8 Å². The minimum absolute atomic E-state index is 0.0684. The summed E-state index contributed by atoms with van der Waals surface area (Å²) in [6, 6.07) is 15.3. The largest absolute Gasteiger partial charge is 0.497 e. The lowest BCUT2D eigenvalue weighted by atomic mass is 9.93. The monoisotopic (exact) mass is 503 g/mol. The maximum Gasteiger partial charge on any atom is 0.273 e. The van der Waals surface area contributed by atoms with Crippen LogP contribution in [0.3, 0.4) is 0 Å². The Kier molecular flexibility index (Phi) is 7.61. The first-order valence-electron chi connectivity index (χ1n) is 12.4. The topological polar surface area (TPSA) is 106 Å². The van der Waals surface area contributed by atoms with Crippen molar-refractivity contribution >= 4 is 17.7 Å². The molecule has 1 atom stereocenters. The van der Waals surface area contributed by atoms with Gasteiger partial charge in [-0.3, -0.25) is 14.4 Å². The molecule has 9 nitrogen and oxygen atoms in total. The van der Waals surface area contributed by atoms with Gasteiger partial charge in [-0.25, -0.2) is 4.98 Å². The Hall–Kier alpha value is -4.14. The number of nitrogens with zero attached hydrogens (tertiary/aromatic N) is 3. The SMILES string of the molecule is CCCN1C(=O)c2c(C(=O)NCc3ccc(C)cc3)ncn2C[C@]1(C)C(=O)NCc1ccc(OC)cc1. The van der Waals surface area contributed by atoms with E-state index in [9.17, 15) is 14.4 Å². The molecule has 37 heavy (non-hydrogen) atoms. The second kappa shape index (κ2) is 10.9. The molecule has 0 aliphatic carbocycles. The third-order valence-electron chi connectivity index (χ3n) is 6.70. The molecule has 3 aromatic rings. The Balaban J connectivity index is 1.51. The zero-order valence-corrected chi connectivity index (χ0v) is 21.7. The van der Waals surface area contributed by atoms with E-state index < -0.39 is 11.4 Å².